The van der Waals surface area contributed by atoms with Gasteiger partial charge in [0.2, 0.25) is 0 Å². The quantitative estimate of drug-likeness (QED) is 0.563. The van der Waals surface area contributed by atoms with Gasteiger partial charge in [-0.3, -0.25) is 14.1 Å². The summed E-state index contributed by atoms with van der Waals surface area (Å²) in [5.41, 5.74) is 0. The first-order valence-electron chi connectivity index (χ1n) is 4.53. The number of rotatable bonds is 2. The first-order chi connectivity index (χ1) is 8.21. The molecule has 0 aliphatic rings. The summed E-state index contributed by atoms with van der Waals surface area (Å²) < 4.78 is 62.5. The Hall–Kier alpha value is -0.355. The van der Waals surface area contributed by atoms with Crippen molar-refractivity contribution in [1.29, 1.82) is 0 Å². The summed E-state index contributed by atoms with van der Waals surface area (Å²) in [6.45, 7) is 0. The van der Waals surface area contributed by atoms with Crippen molar-refractivity contribution in [3.63, 3.8) is 0 Å². The van der Waals surface area contributed by atoms with Crippen molar-refractivity contribution in [1.82, 2.24) is 4.98 Å². The molecule has 20 heavy (non-hydrogen) atoms. The second kappa shape index (κ2) is 6.61. The predicted molar refractivity (Wildman–Crippen MR) is 75.7 cm³/mol. The molecule has 0 saturated carbocycles. The number of fused-ring (bicyclic) bond motifs is 1. The third-order valence-electron chi connectivity index (χ3n) is 2.29. The van der Waals surface area contributed by atoms with Gasteiger partial charge in [-0.2, -0.15) is 16.8 Å². The summed E-state index contributed by atoms with van der Waals surface area (Å²) in [6, 6.07) is 3.02. The maximum atomic E-state index is 11.1. The molecule has 0 fully saturated rings. The Kier molecular flexibility index (Phi) is 6.49. The van der Waals surface area contributed by atoms with Gasteiger partial charge in [0.1, 0.15) is 9.79 Å². The summed E-state index contributed by atoms with van der Waals surface area (Å²) in [4.78, 5) is 2.73. The Morgan fingerprint density at radius 1 is 0.800 bits per heavy atom. The minimum absolute atomic E-state index is 0. The zero-order valence-electron chi connectivity index (χ0n) is 8.68. The van der Waals surface area contributed by atoms with Crippen molar-refractivity contribution in [3.8, 4) is 0 Å². The van der Waals surface area contributed by atoms with Crippen molar-refractivity contribution >= 4 is 68.7 Å². The molecule has 2 aromatic rings. The van der Waals surface area contributed by atoms with Gasteiger partial charge in [-0.05, 0) is 18.2 Å². The SMILES string of the molecule is O=S(=O)(O)c1ccc(S(=O)(=O)O)c2cnccc12.[LiH].[LiH]. The van der Waals surface area contributed by atoms with Crippen LogP contribution >= 0.6 is 0 Å². The molecular formula is C9H9Li2NO6S2. The van der Waals surface area contributed by atoms with Gasteiger partial charge in [-0.1, -0.05) is 0 Å². The fourth-order valence-corrected chi connectivity index (χ4v) is 2.96. The van der Waals surface area contributed by atoms with Crippen molar-refractivity contribution < 1.29 is 25.9 Å². The third-order valence-corrected chi connectivity index (χ3v) is 4.12. The molecule has 7 nitrogen and oxygen atoms in total. The van der Waals surface area contributed by atoms with Gasteiger partial charge in [0, 0.05) is 23.2 Å². The van der Waals surface area contributed by atoms with Crippen LogP contribution in [0.5, 0.6) is 0 Å². The van der Waals surface area contributed by atoms with Crippen LogP contribution in [-0.2, 0) is 20.2 Å². The molecule has 0 saturated heterocycles. The minimum atomic E-state index is -4.51. The Morgan fingerprint density at radius 2 is 1.25 bits per heavy atom. The fraction of sp³-hybridized carbons (Fsp3) is 0. The molecule has 1 aromatic carbocycles. The molecule has 2 N–H and O–H groups in total. The number of aromatic nitrogens is 1. The second-order valence-corrected chi connectivity index (χ2v) is 6.21. The van der Waals surface area contributed by atoms with Crippen LogP contribution in [0.3, 0.4) is 0 Å². The second-order valence-electron chi connectivity index (χ2n) is 3.43. The van der Waals surface area contributed by atoms with Gasteiger partial charge >= 0.3 is 37.7 Å². The van der Waals surface area contributed by atoms with Gasteiger partial charge < -0.3 is 0 Å². The van der Waals surface area contributed by atoms with E-state index >= 15 is 0 Å². The Morgan fingerprint density at radius 3 is 1.70 bits per heavy atom. The molecule has 0 atom stereocenters. The summed E-state index contributed by atoms with van der Waals surface area (Å²) in [5, 5.41) is -0.127. The van der Waals surface area contributed by atoms with E-state index in [2.05, 4.69) is 4.98 Å². The van der Waals surface area contributed by atoms with E-state index in [4.69, 9.17) is 9.11 Å². The molecule has 0 aliphatic carbocycles. The molecular weight excluding hydrogens is 296 g/mol. The van der Waals surface area contributed by atoms with Crippen molar-refractivity contribution in [2.75, 3.05) is 0 Å². The van der Waals surface area contributed by atoms with E-state index in [1.165, 1.54) is 12.3 Å². The van der Waals surface area contributed by atoms with Crippen LogP contribution < -0.4 is 0 Å². The van der Waals surface area contributed by atoms with Crippen LogP contribution in [0, 0.1) is 0 Å². The zero-order chi connectivity index (χ0) is 13.6. The average molecular weight is 305 g/mol. The molecule has 11 heteroatoms. The number of nitrogens with zero attached hydrogens (tertiary/aromatic N) is 1. The van der Waals surface area contributed by atoms with Gasteiger partial charge in [0.15, 0.2) is 0 Å². The number of pyridine rings is 1. The molecule has 0 amide bonds. The van der Waals surface area contributed by atoms with E-state index in [9.17, 15) is 16.8 Å². The molecule has 2 rings (SSSR count). The molecule has 0 unspecified atom stereocenters. The maximum absolute atomic E-state index is 11.1. The van der Waals surface area contributed by atoms with Crippen LogP contribution in [0.1, 0.15) is 0 Å². The topological polar surface area (TPSA) is 122 Å². The van der Waals surface area contributed by atoms with Crippen molar-refractivity contribution in [2.45, 2.75) is 9.79 Å². The monoisotopic (exact) mass is 305 g/mol. The van der Waals surface area contributed by atoms with E-state index in [1.807, 2.05) is 0 Å². The molecule has 100 valence electrons. The van der Waals surface area contributed by atoms with Crippen LogP contribution in [0.2, 0.25) is 0 Å². The van der Waals surface area contributed by atoms with Crippen LogP contribution in [0.4, 0.5) is 0 Å². The first-order valence-corrected chi connectivity index (χ1v) is 7.41. The van der Waals surface area contributed by atoms with Gasteiger partial charge in [0.05, 0.1) is 0 Å². The van der Waals surface area contributed by atoms with E-state index < -0.39 is 30.0 Å². The van der Waals surface area contributed by atoms with Crippen molar-refractivity contribution in [2.24, 2.45) is 0 Å². The van der Waals surface area contributed by atoms with Crippen LogP contribution in [0.15, 0.2) is 40.4 Å². The van der Waals surface area contributed by atoms with Gasteiger partial charge in [-0.15, -0.1) is 0 Å². The van der Waals surface area contributed by atoms with E-state index in [-0.39, 0.29) is 48.5 Å². The Balaban J connectivity index is 0.00000180. The molecule has 0 aliphatic heterocycles. The third kappa shape index (κ3) is 3.85. The summed E-state index contributed by atoms with van der Waals surface area (Å²) in [6.07, 6.45) is 2.33. The molecule has 0 spiro atoms. The van der Waals surface area contributed by atoms with Crippen molar-refractivity contribution in [3.05, 3.63) is 30.6 Å². The van der Waals surface area contributed by atoms with E-state index in [1.54, 1.807) is 0 Å². The number of hydrogen-bond donors (Lipinski definition) is 2. The summed E-state index contributed by atoms with van der Waals surface area (Å²) >= 11 is 0. The fourth-order valence-electron chi connectivity index (χ4n) is 1.59. The van der Waals surface area contributed by atoms with Gasteiger partial charge in [0.25, 0.3) is 20.2 Å². The van der Waals surface area contributed by atoms with Gasteiger partial charge in [-0.25, -0.2) is 0 Å². The average Bonchev–Trinajstić information content (AvgIpc) is 2.24. The molecule has 1 aromatic heterocycles. The van der Waals surface area contributed by atoms with Crippen LogP contribution in [-0.4, -0.2) is 68.6 Å². The molecule has 1 heterocycles. The summed E-state index contributed by atoms with van der Waals surface area (Å²) in [5.74, 6) is 0. The molecule has 0 bridgehead atoms. The first kappa shape index (κ1) is 19.6. The normalized spacial score (nSPS) is 11.5. The Bertz CT molecular complexity index is 764. The predicted octanol–water partition coefficient (Wildman–Crippen LogP) is -0.569. The van der Waals surface area contributed by atoms with E-state index in [0.717, 1.165) is 18.3 Å². The van der Waals surface area contributed by atoms with Crippen LogP contribution in [0.25, 0.3) is 10.8 Å². The number of hydrogen-bond acceptors (Lipinski definition) is 5. The standard InChI is InChI=1S/C9H7NO6S2.2Li.2H/c11-17(12,13)8-1-2-9(18(14,15)16)7-5-10-4-3-6(7)8;;;;/h1-5H,(H,11,12,13)(H,14,15,16);;;;. The zero-order valence-corrected chi connectivity index (χ0v) is 10.3. The molecule has 0 radical (unpaired) electrons. The number of benzene rings is 1. The van der Waals surface area contributed by atoms with E-state index in [0.29, 0.717) is 0 Å². The Labute approximate surface area is 139 Å². The summed E-state index contributed by atoms with van der Waals surface area (Å²) in [7, 11) is -9.00.